The molecule has 5 heteroatoms. The minimum atomic E-state index is -0.398. The monoisotopic (exact) mass is 313 g/mol. The summed E-state index contributed by atoms with van der Waals surface area (Å²) in [4.78, 5) is 0. The van der Waals surface area contributed by atoms with Gasteiger partial charge in [-0.15, -0.1) is 0 Å². The van der Waals surface area contributed by atoms with Gasteiger partial charge in [0.1, 0.15) is 0 Å². The van der Waals surface area contributed by atoms with Crippen LogP contribution in [0, 0.1) is 5.82 Å². The highest BCUT2D eigenvalue weighted by Crippen LogP contribution is 2.30. The Morgan fingerprint density at radius 2 is 1.70 bits per heavy atom. The van der Waals surface area contributed by atoms with Gasteiger partial charge in [-0.25, -0.2) is 4.39 Å². The van der Waals surface area contributed by atoms with Crippen molar-refractivity contribution in [2.45, 2.75) is 6.04 Å². The van der Waals surface area contributed by atoms with Crippen molar-refractivity contribution in [3.63, 3.8) is 0 Å². The van der Waals surface area contributed by atoms with Crippen molar-refractivity contribution < 1.29 is 9.13 Å². The number of hydrogen-bond acceptors (Lipinski definition) is 2. The zero-order valence-corrected chi connectivity index (χ0v) is 12.6. The lowest BCUT2D eigenvalue weighted by Crippen LogP contribution is -2.17. The molecule has 0 bridgehead atoms. The molecule has 2 aromatic carbocycles. The SMILES string of the molecule is CNC(c1ccc(OC)c(F)c1)c1ccc(Cl)c(Cl)c1. The van der Waals surface area contributed by atoms with E-state index >= 15 is 0 Å². The summed E-state index contributed by atoms with van der Waals surface area (Å²) in [5.41, 5.74) is 1.69. The molecule has 0 saturated heterocycles. The molecule has 1 unspecified atom stereocenters. The zero-order valence-electron chi connectivity index (χ0n) is 11.1. The Bertz CT molecular complexity index is 619. The maximum atomic E-state index is 13.8. The van der Waals surface area contributed by atoms with E-state index in [0.717, 1.165) is 11.1 Å². The van der Waals surface area contributed by atoms with E-state index in [4.69, 9.17) is 27.9 Å². The Hall–Kier alpha value is -1.29. The Morgan fingerprint density at radius 3 is 2.25 bits per heavy atom. The van der Waals surface area contributed by atoms with Gasteiger partial charge in [0.2, 0.25) is 0 Å². The second-order valence-electron chi connectivity index (χ2n) is 4.29. The Balaban J connectivity index is 2.41. The fourth-order valence-electron chi connectivity index (χ4n) is 2.08. The maximum absolute atomic E-state index is 13.8. The highest BCUT2D eigenvalue weighted by atomic mass is 35.5. The molecule has 0 amide bonds. The number of halogens is 3. The van der Waals surface area contributed by atoms with Crippen molar-refractivity contribution in [2.24, 2.45) is 0 Å². The molecule has 0 aromatic heterocycles. The molecule has 0 heterocycles. The number of hydrogen-bond donors (Lipinski definition) is 1. The van der Waals surface area contributed by atoms with Crippen molar-refractivity contribution >= 4 is 23.2 Å². The molecular formula is C15H14Cl2FNO. The summed E-state index contributed by atoms with van der Waals surface area (Å²) >= 11 is 11.9. The summed E-state index contributed by atoms with van der Waals surface area (Å²) in [6, 6.07) is 10.0. The Labute approximate surface area is 127 Å². The third kappa shape index (κ3) is 3.06. The molecule has 20 heavy (non-hydrogen) atoms. The van der Waals surface area contributed by atoms with Crippen LogP contribution in [0.5, 0.6) is 5.75 Å². The van der Waals surface area contributed by atoms with Crippen molar-refractivity contribution in [2.75, 3.05) is 14.2 Å². The summed E-state index contributed by atoms with van der Waals surface area (Å²) in [7, 11) is 3.24. The van der Waals surface area contributed by atoms with Crippen LogP contribution in [0.15, 0.2) is 36.4 Å². The molecule has 0 saturated carbocycles. The molecule has 0 spiro atoms. The molecule has 0 aliphatic carbocycles. The van der Waals surface area contributed by atoms with Crippen LogP contribution in [0.25, 0.3) is 0 Å². The van der Waals surface area contributed by atoms with Crippen LogP contribution in [-0.2, 0) is 0 Å². The summed E-state index contributed by atoms with van der Waals surface area (Å²) < 4.78 is 18.7. The van der Waals surface area contributed by atoms with E-state index in [1.54, 1.807) is 25.2 Å². The molecule has 1 atom stereocenters. The average Bonchev–Trinajstić information content (AvgIpc) is 2.44. The molecule has 2 nitrogen and oxygen atoms in total. The third-order valence-corrected chi connectivity index (χ3v) is 3.81. The molecule has 2 aromatic rings. The second kappa shape index (κ2) is 6.44. The second-order valence-corrected chi connectivity index (χ2v) is 5.10. The van der Waals surface area contributed by atoms with E-state index in [1.165, 1.54) is 13.2 Å². The molecule has 1 N–H and O–H groups in total. The molecule has 106 valence electrons. The van der Waals surface area contributed by atoms with Crippen molar-refractivity contribution in [1.29, 1.82) is 0 Å². The summed E-state index contributed by atoms with van der Waals surface area (Å²) in [6.45, 7) is 0. The fourth-order valence-corrected chi connectivity index (χ4v) is 2.39. The van der Waals surface area contributed by atoms with E-state index in [-0.39, 0.29) is 11.8 Å². The number of ether oxygens (including phenoxy) is 1. The van der Waals surface area contributed by atoms with Crippen molar-refractivity contribution in [1.82, 2.24) is 5.32 Å². The largest absolute Gasteiger partial charge is 0.494 e. The predicted molar refractivity (Wildman–Crippen MR) is 80.3 cm³/mol. The first-order valence-corrected chi connectivity index (χ1v) is 6.78. The Morgan fingerprint density at radius 1 is 1.05 bits per heavy atom. The van der Waals surface area contributed by atoms with Crippen LogP contribution in [0.4, 0.5) is 4.39 Å². The van der Waals surface area contributed by atoms with Crippen molar-refractivity contribution in [3.05, 3.63) is 63.4 Å². The summed E-state index contributed by atoms with van der Waals surface area (Å²) in [5.74, 6) is -0.178. The molecule has 0 aliphatic rings. The van der Waals surface area contributed by atoms with Crippen LogP contribution in [0.1, 0.15) is 17.2 Å². The minimum absolute atomic E-state index is 0.176. The summed E-state index contributed by atoms with van der Waals surface area (Å²) in [6.07, 6.45) is 0. The van der Waals surface area contributed by atoms with Crippen LogP contribution in [0.3, 0.4) is 0 Å². The molecular weight excluding hydrogens is 300 g/mol. The average molecular weight is 314 g/mol. The van der Waals surface area contributed by atoms with E-state index in [0.29, 0.717) is 10.0 Å². The highest BCUT2D eigenvalue weighted by molar-refractivity contribution is 6.42. The molecule has 0 fully saturated rings. The van der Waals surface area contributed by atoms with Gasteiger partial charge in [-0.05, 0) is 42.4 Å². The van der Waals surface area contributed by atoms with E-state index in [2.05, 4.69) is 5.32 Å². The van der Waals surface area contributed by atoms with Crippen LogP contribution < -0.4 is 10.1 Å². The first-order chi connectivity index (χ1) is 9.56. The zero-order chi connectivity index (χ0) is 14.7. The Kier molecular flexibility index (Phi) is 4.86. The van der Waals surface area contributed by atoms with Crippen molar-refractivity contribution in [3.8, 4) is 5.75 Å². The lowest BCUT2D eigenvalue weighted by atomic mass is 9.98. The lowest BCUT2D eigenvalue weighted by Gasteiger charge is -2.18. The van der Waals surface area contributed by atoms with Gasteiger partial charge in [0.15, 0.2) is 11.6 Å². The minimum Gasteiger partial charge on any atom is -0.494 e. The lowest BCUT2D eigenvalue weighted by molar-refractivity contribution is 0.386. The van der Waals surface area contributed by atoms with Crippen LogP contribution in [0.2, 0.25) is 10.0 Å². The quantitative estimate of drug-likeness (QED) is 0.900. The first kappa shape index (κ1) is 15.1. The van der Waals surface area contributed by atoms with Gasteiger partial charge in [0.25, 0.3) is 0 Å². The normalized spacial score (nSPS) is 12.2. The van der Waals surface area contributed by atoms with E-state index < -0.39 is 5.82 Å². The number of benzene rings is 2. The highest BCUT2D eigenvalue weighted by Gasteiger charge is 2.15. The maximum Gasteiger partial charge on any atom is 0.165 e. The smallest absolute Gasteiger partial charge is 0.165 e. The third-order valence-electron chi connectivity index (χ3n) is 3.07. The van der Waals surface area contributed by atoms with Gasteiger partial charge in [-0.2, -0.15) is 0 Å². The molecule has 0 radical (unpaired) electrons. The summed E-state index contributed by atoms with van der Waals surface area (Å²) in [5, 5.41) is 4.10. The van der Waals surface area contributed by atoms with Gasteiger partial charge in [0, 0.05) is 0 Å². The first-order valence-electron chi connectivity index (χ1n) is 6.02. The van der Waals surface area contributed by atoms with Crippen LogP contribution >= 0.6 is 23.2 Å². The standard InChI is InChI=1S/C15H14Cl2FNO/c1-19-15(9-3-5-11(16)12(17)7-9)10-4-6-14(20-2)13(18)8-10/h3-8,15,19H,1-2H3. The predicted octanol–water partition coefficient (Wildman–Crippen LogP) is 4.45. The van der Waals surface area contributed by atoms with Gasteiger partial charge in [0.05, 0.1) is 23.2 Å². The molecule has 0 aliphatic heterocycles. The number of nitrogens with one attached hydrogen (secondary N) is 1. The van der Waals surface area contributed by atoms with Crippen LogP contribution in [-0.4, -0.2) is 14.2 Å². The fraction of sp³-hybridized carbons (Fsp3) is 0.200. The number of rotatable bonds is 4. The van der Waals surface area contributed by atoms with Gasteiger partial charge in [-0.3, -0.25) is 0 Å². The topological polar surface area (TPSA) is 21.3 Å². The van der Waals surface area contributed by atoms with E-state index in [1.807, 2.05) is 12.1 Å². The van der Waals surface area contributed by atoms with Gasteiger partial charge in [-0.1, -0.05) is 35.3 Å². The number of methoxy groups -OCH3 is 1. The molecule has 2 rings (SSSR count). The van der Waals surface area contributed by atoms with E-state index in [9.17, 15) is 4.39 Å². The van der Waals surface area contributed by atoms with Gasteiger partial charge < -0.3 is 10.1 Å². The van der Waals surface area contributed by atoms with Gasteiger partial charge >= 0.3 is 0 Å².